The molecule has 94 valence electrons. The van der Waals surface area contributed by atoms with Gasteiger partial charge in [-0.05, 0) is 19.1 Å². The third-order valence-electron chi connectivity index (χ3n) is 2.43. The fourth-order valence-electron chi connectivity index (χ4n) is 1.63. The zero-order valence-electron chi connectivity index (χ0n) is 9.85. The van der Waals surface area contributed by atoms with Gasteiger partial charge >= 0.3 is 5.97 Å². The van der Waals surface area contributed by atoms with E-state index in [4.69, 9.17) is 5.11 Å². The predicted octanol–water partition coefficient (Wildman–Crippen LogP) is 2.72. The molecule has 0 aliphatic heterocycles. The highest BCUT2D eigenvalue weighted by molar-refractivity contribution is 7.99. The number of carbonyl (C=O) groups is 1. The molecule has 0 radical (unpaired) electrons. The number of benzene rings is 1. The Labute approximate surface area is 107 Å². The zero-order valence-corrected chi connectivity index (χ0v) is 10.7. The number of aromatic nitrogens is 2. The van der Waals surface area contributed by atoms with E-state index in [1.54, 1.807) is 32.2 Å². The van der Waals surface area contributed by atoms with Crippen molar-refractivity contribution in [2.24, 2.45) is 7.05 Å². The first-order chi connectivity index (χ1) is 8.50. The van der Waals surface area contributed by atoms with Gasteiger partial charge < -0.3 is 5.11 Å². The lowest BCUT2D eigenvalue weighted by molar-refractivity contribution is 0.0692. The van der Waals surface area contributed by atoms with Crippen LogP contribution in [0, 0.1) is 12.7 Å². The average Bonchev–Trinajstić information content (AvgIpc) is 2.57. The van der Waals surface area contributed by atoms with E-state index in [1.807, 2.05) is 0 Å². The van der Waals surface area contributed by atoms with Gasteiger partial charge in [-0.3, -0.25) is 4.68 Å². The smallest absolute Gasteiger partial charge is 0.340 e. The number of hydrogen-bond acceptors (Lipinski definition) is 3. The summed E-state index contributed by atoms with van der Waals surface area (Å²) in [7, 11) is 1.64. The minimum atomic E-state index is -1.06. The second-order valence-corrected chi connectivity index (χ2v) is 4.76. The van der Waals surface area contributed by atoms with Crippen LogP contribution in [-0.2, 0) is 7.05 Å². The number of carboxylic acids is 1. The van der Waals surface area contributed by atoms with E-state index >= 15 is 0 Å². The molecule has 0 saturated carbocycles. The molecule has 0 fully saturated rings. The van der Waals surface area contributed by atoms with Gasteiger partial charge in [-0.1, -0.05) is 23.9 Å². The van der Waals surface area contributed by atoms with E-state index in [2.05, 4.69) is 5.10 Å². The van der Waals surface area contributed by atoms with Gasteiger partial charge in [-0.2, -0.15) is 5.10 Å². The third-order valence-corrected chi connectivity index (χ3v) is 3.64. The van der Waals surface area contributed by atoms with Gasteiger partial charge in [0.05, 0.1) is 5.69 Å². The van der Waals surface area contributed by atoms with Crippen LogP contribution >= 0.6 is 11.8 Å². The van der Waals surface area contributed by atoms with Crippen LogP contribution in [0.2, 0.25) is 0 Å². The Morgan fingerprint density at radius 3 is 2.72 bits per heavy atom. The summed E-state index contributed by atoms with van der Waals surface area (Å²) < 4.78 is 15.0. The number of carboxylic acid groups (broad SMARTS) is 1. The van der Waals surface area contributed by atoms with E-state index in [-0.39, 0.29) is 11.4 Å². The van der Waals surface area contributed by atoms with Crippen molar-refractivity contribution in [1.82, 2.24) is 9.78 Å². The zero-order chi connectivity index (χ0) is 13.3. The van der Waals surface area contributed by atoms with Gasteiger partial charge in [0, 0.05) is 11.9 Å². The molecule has 1 N–H and O–H groups in total. The SMILES string of the molecule is Cc1nn(C)c(Sc2ccccc2F)c1C(=O)O. The molecule has 1 aromatic heterocycles. The predicted molar refractivity (Wildman–Crippen MR) is 65.4 cm³/mol. The molecule has 1 heterocycles. The summed E-state index contributed by atoms with van der Waals surface area (Å²) >= 11 is 1.06. The van der Waals surface area contributed by atoms with Crippen molar-refractivity contribution in [2.75, 3.05) is 0 Å². The molecule has 0 bridgehead atoms. The minimum Gasteiger partial charge on any atom is -0.478 e. The highest BCUT2D eigenvalue weighted by Gasteiger charge is 2.21. The molecule has 0 aliphatic carbocycles. The maximum Gasteiger partial charge on any atom is 0.340 e. The van der Waals surface area contributed by atoms with E-state index in [0.717, 1.165) is 11.8 Å². The lowest BCUT2D eigenvalue weighted by atomic mass is 10.3. The molecular weight excluding hydrogens is 255 g/mol. The van der Waals surface area contributed by atoms with E-state index in [9.17, 15) is 9.18 Å². The van der Waals surface area contributed by atoms with Gasteiger partial charge in [0.15, 0.2) is 0 Å². The second kappa shape index (κ2) is 4.81. The maximum absolute atomic E-state index is 13.5. The fourth-order valence-corrected chi connectivity index (χ4v) is 2.66. The number of hydrogen-bond donors (Lipinski definition) is 1. The van der Waals surface area contributed by atoms with Gasteiger partial charge in [0.25, 0.3) is 0 Å². The largest absolute Gasteiger partial charge is 0.478 e. The Kier molecular flexibility index (Phi) is 3.38. The highest BCUT2D eigenvalue weighted by Crippen LogP contribution is 2.33. The van der Waals surface area contributed by atoms with E-state index in [0.29, 0.717) is 15.6 Å². The number of nitrogens with zero attached hydrogens (tertiary/aromatic N) is 2. The second-order valence-electron chi connectivity index (χ2n) is 3.73. The molecule has 0 spiro atoms. The maximum atomic E-state index is 13.5. The molecule has 6 heteroatoms. The van der Waals surface area contributed by atoms with Crippen molar-refractivity contribution in [1.29, 1.82) is 0 Å². The first-order valence-electron chi connectivity index (χ1n) is 5.20. The molecule has 2 aromatic rings. The number of rotatable bonds is 3. The van der Waals surface area contributed by atoms with Gasteiger partial charge in [0.1, 0.15) is 16.4 Å². The molecule has 0 aliphatic rings. The van der Waals surface area contributed by atoms with Crippen LogP contribution in [0.25, 0.3) is 0 Å². The lowest BCUT2D eigenvalue weighted by Gasteiger charge is -2.04. The highest BCUT2D eigenvalue weighted by atomic mass is 32.2. The van der Waals surface area contributed by atoms with Crippen molar-refractivity contribution < 1.29 is 14.3 Å². The molecule has 2 rings (SSSR count). The molecule has 0 unspecified atom stereocenters. The molecule has 18 heavy (non-hydrogen) atoms. The molecular formula is C12H11FN2O2S. The van der Waals surface area contributed by atoms with Gasteiger partial charge in [0.2, 0.25) is 0 Å². The van der Waals surface area contributed by atoms with Gasteiger partial charge in [-0.15, -0.1) is 0 Å². The summed E-state index contributed by atoms with van der Waals surface area (Å²) in [5.41, 5.74) is 0.537. The lowest BCUT2D eigenvalue weighted by Crippen LogP contribution is -2.00. The summed E-state index contributed by atoms with van der Waals surface area (Å²) in [6.07, 6.45) is 0. The van der Waals surface area contributed by atoms with Crippen LogP contribution in [-0.4, -0.2) is 20.9 Å². The molecule has 1 aromatic carbocycles. The average molecular weight is 266 g/mol. The van der Waals surface area contributed by atoms with E-state index in [1.165, 1.54) is 10.7 Å². The number of aromatic carboxylic acids is 1. The van der Waals surface area contributed by atoms with Crippen LogP contribution in [0.3, 0.4) is 0 Å². The van der Waals surface area contributed by atoms with Crippen molar-refractivity contribution >= 4 is 17.7 Å². The monoisotopic (exact) mass is 266 g/mol. The first kappa shape index (κ1) is 12.6. The van der Waals surface area contributed by atoms with Crippen LogP contribution in [0.4, 0.5) is 4.39 Å². The molecule has 0 atom stereocenters. The normalized spacial score (nSPS) is 10.6. The number of aryl methyl sites for hydroxylation is 2. The Hall–Kier alpha value is -1.82. The Bertz CT molecular complexity index is 610. The topological polar surface area (TPSA) is 55.1 Å². The quantitative estimate of drug-likeness (QED) is 0.928. The Morgan fingerprint density at radius 2 is 2.11 bits per heavy atom. The number of halogens is 1. The summed E-state index contributed by atoms with van der Waals surface area (Å²) in [5.74, 6) is -1.43. The van der Waals surface area contributed by atoms with Crippen molar-refractivity contribution in [3.8, 4) is 0 Å². The van der Waals surface area contributed by atoms with Crippen molar-refractivity contribution in [3.63, 3.8) is 0 Å². The third kappa shape index (κ3) is 2.24. The Balaban J connectivity index is 2.47. The van der Waals surface area contributed by atoms with Crippen LogP contribution in [0.15, 0.2) is 34.2 Å². The molecule has 4 nitrogen and oxygen atoms in total. The first-order valence-corrected chi connectivity index (χ1v) is 6.01. The van der Waals surface area contributed by atoms with Crippen LogP contribution < -0.4 is 0 Å². The van der Waals surface area contributed by atoms with Crippen molar-refractivity contribution in [2.45, 2.75) is 16.8 Å². The summed E-state index contributed by atoms with van der Waals surface area (Å²) in [5, 5.41) is 13.6. The molecule has 0 saturated heterocycles. The van der Waals surface area contributed by atoms with Crippen LogP contribution in [0.5, 0.6) is 0 Å². The Morgan fingerprint density at radius 1 is 1.44 bits per heavy atom. The summed E-state index contributed by atoms with van der Waals surface area (Å²) in [4.78, 5) is 11.5. The van der Waals surface area contributed by atoms with Gasteiger partial charge in [-0.25, -0.2) is 9.18 Å². The molecule has 0 amide bonds. The standard InChI is InChI=1S/C12H11FN2O2S/c1-7-10(12(16)17)11(15(2)14-7)18-9-6-4-3-5-8(9)13/h3-6H,1-2H3,(H,16,17). The van der Waals surface area contributed by atoms with E-state index < -0.39 is 5.97 Å². The van der Waals surface area contributed by atoms with Crippen LogP contribution in [0.1, 0.15) is 16.1 Å². The summed E-state index contributed by atoms with van der Waals surface area (Å²) in [6.45, 7) is 1.62. The summed E-state index contributed by atoms with van der Waals surface area (Å²) in [6, 6.07) is 6.24. The fraction of sp³-hybridized carbons (Fsp3) is 0.167. The minimum absolute atomic E-state index is 0.116. The van der Waals surface area contributed by atoms with Crippen molar-refractivity contribution in [3.05, 3.63) is 41.3 Å².